The van der Waals surface area contributed by atoms with E-state index in [9.17, 15) is 40.7 Å². The van der Waals surface area contributed by atoms with E-state index >= 15 is 0 Å². The van der Waals surface area contributed by atoms with E-state index in [1.54, 1.807) is 24.3 Å². The molecule has 0 unspecified atom stereocenters. The van der Waals surface area contributed by atoms with Gasteiger partial charge in [0.1, 0.15) is 0 Å². The standard InChI is InChI=1S/C19H14F6N2O5/c20-18(21,22)15(29)31-17(32-16(30)19(23,24)25)10-26-8-9-27(17)14(28)13-7-3-5-11-4-1-2-6-12(11)13/h1-7,26H,8-10H2. The number of nitrogens with one attached hydrogen (secondary N) is 1. The first-order chi connectivity index (χ1) is 14.8. The van der Waals surface area contributed by atoms with Crippen molar-refractivity contribution in [3.8, 4) is 0 Å². The van der Waals surface area contributed by atoms with Crippen molar-refractivity contribution >= 4 is 28.6 Å². The number of nitrogens with zero attached hydrogens (tertiary/aromatic N) is 1. The topological polar surface area (TPSA) is 84.9 Å². The van der Waals surface area contributed by atoms with Crippen molar-refractivity contribution in [3.63, 3.8) is 0 Å². The van der Waals surface area contributed by atoms with Crippen molar-refractivity contribution in [1.82, 2.24) is 10.2 Å². The van der Waals surface area contributed by atoms with Crippen LogP contribution in [0.3, 0.4) is 0 Å². The number of fused-ring (bicyclic) bond motifs is 1. The van der Waals surface area contributed by atoms with Crippen LogP contribution >= 0.6 is 0 Å². The number of amides is 1. The third-order valence-electron chi connectivity index (χ3n) is 4.50. The molecule has 1 aliphatic heterocycles. The maximum Gasteiger partial charge on any atom is 0.491 e. The predicted molar refractivity (Wildman–Crippen MR) is 94.9 cm³/mol. The molecule has 1 N–H and O–H groups in total. The fourth-order valence-corrected chi connectivity index (χ4v) is 3.13. The van der Waals surface area contributed by atoms with Crippen LogP contribution in [0.25, 0.3) is 10.8 Å². The van der Waals surface area contributed by atoms with Gasteiger partial charge in [-0.3, -0.25) is 9.69 Å². The molecule has 2 aromatic rings. The van der Waals surface area contributed by atoms with Gasteiger partial charge in [0.25, 0.3) is 5.91 Å². The monoisotopic (exact) mass is 464 g/mol. The zero-order valence-electron chi connectivity index (χ0n) is 15.9. The van der Waals surface area contributed by atoms with Gasteiger partial charge in [-0.15, -0.1) is 0 Å². The van der Waals surface area contributed by atoms with Crippen LogP contribution in [0.15, 0.2) is 42.5 Å². The van der Waals surface area contributed by atoms with Crippen molar-refractivity contribution in [2.24, 2.45) is 0 Å². The van der Waals surface area contributed by atoms with Crippen LogP contribution in [0.1, 0.15) is 10.4 Å². The van der Waals surface area contributed by atoms with Gasteiger partial charge in [0.2, 0.25) is 0 Å². The summed E-state index contributed by atoms with van der Waals surface area (Å²) in [5.74, 6) is -10.3. The van der Waals surface area contributed by atoms with E-state index in [-0.39, 0.29) is 12.1 Å². The lowest BCUT2D eigenvalue weighted by atomic mass is 10.0. The molecular formula is C19H14F6N2O5. The van der Waals surface area contributed by atoms with Crippen molar-refractivity contribution in [3.05, 3.63) is 48.0 Å². The first-order valence-electron chi connectivity index (χ1n) is 8.96. The number of halogens is 6. The maximum absolute atomic E-state index is 13.2. The zero-order chi connectivity index (χ0) is 23.7. The number of hydrogen-bond donors (Lipinski definition) is 1. The van der Waals surface area contributed by atoms with Crippen LogP contribution in [-0.4, -0.2) is 60.6 Å². The Bertz CT molecular complexity index is 1020. The third-order valence-corrected chi connectivity index (χ3v) is 4.50. The molecule has 7 nitrogen and oxygen atoms in total. The van der Waals surface area contributed by atoms with Crippen molar-refractivity contribution in [2.45, 2.75) is 18.3 Å². The Kier molecular flexibility index (Phi) is 6.05. The SMILES string of the molecule is O=C(c1cccc2ccccc12)N1CCNCC1(OC(=O)C(F)(F)F)OC(=O)C(F)(F)F. The molecule has 0 aliphatic carbocycles. The van der Waals surface area contributed by atoms with Gasteiger partial charge in [-0.25, -0.2) is 9.59 Å². The highest BCUT2D eigenvalue weighted by Gasteiger charge is 2.57. The van der Waals surface area contributed by atoms with Crippen LogP contribution in [0.4, 0.5) is 26.3 Å². The van der Waals surface area contributed by atoms with Gasteiger partial charge in [0.05, 0.1) is 6.54 Å². The summed E-state index contributed by atoms with van der Waals surface area (Å²) in [5, 5.41) is 3.26. The number of carbonyl (C=O) groups excluding carboxylic acids is 3. The number of piperazine rings is 1. The summed E-state index contributed by atoms with van der Waals surface area (Å²) in [7, 11) is 0. The lowest BCUT2D eigenvalue weighted by molar-refractivity contribution is -0.309. The smallest absolute Gasteiger partial charge is 0.395 e. The van der Waals surface area contributed by atoms with Crippen molar-refractivity contribution < 1.29 is 50.2 Å². The largest absolute Gasteiger partial charge is 0.491 e. The Balaban J connectivity index is 2.09. The van der Waals surface area contributed by atoms with Gasteiger partial charge in [0, 0.05) is 18.7 Å². The van der Waals surface area contributed by atoms with Gasteiger partial charge in [-0.2, -0.15) is 26.3 Å². The van der Waals surface area contributed by atoms with Crippen LogP contribution < -0.4 is 5.32 Å². The van der Waals surface area contributed by atoms with Crippen LogP contribution in [0, 0.1) is 0 Å². The quantitative estimate of drug-likeness (QED) is 0.427. The van der Waals surface area contributed by atoms with Crippen LogP contribution in [-0.2, 0) is 19.1 Å². The first kappa shape index (κ1) is 23.3. The number of alkyl halides is 6. The van der Waals surface area contributed by atoms with Crippen molar-refractivity contribution in [2.75, 3.05) is 19.6 Å². The second kappa shape index (κ2) is 8.30. The highest BCUT2D eigenvalue weighted by atomic mass is 19.4. The molecular weight excluding hydrogens is 450 g/mol. The third kappa shape index (κ3) is 4.61. The normalized spacial score (nSPS) is 16.5. The van der Waals surface area contributed by atoms with E-state index in [2.05, 4.69) is 14.8 Å². The van der Waals surface area contributed by atoms with E-state index in [4.69, 9.17) is 0 Å². The highest BCUT2D eigenvalue weighted by molar-refractivity contribution is 6.07. The van der Waals surface area contributed by atoms with Gasteiger partial charge in [0.15, 0.2) is 0 Å². The molecule has 3 rings (SSSR count). The van der Waals surface area contributed by atoms with Crippen LogP contribution in [0.5, 0.6) is 0 Å². The van der Waals surface area contributed by atoms with E-state index in [0.29, 0.717) is 15.7 Å². The average Bonchev–Trinajstić information content (AvgIpc) is 2.71. The number of hydrogen-bond acceptors (Lipinski definition) is 6. The highest BCUT2D eigenvalue weighted by Crippen LogP contribution is 2.32. The molecule has 1 heterocycles. The lowest BCUT2D eigenvalue weighted by Crippen LogP contribution is -2.68. The number of esters is 2. The van der Waals surface area contributed by atoms with Gasteiger partial charge in [-0.05, 0) is 16.8 Å². The molecule has 2 aromatic carbocycles. The Morgan fingerprint density at radius 3 is 2.03 bits per heavy atom. The molecule has 0 aromatic heterocycles. The summed E-state index contributed by atoms with van der Waals surface area (Å²) in [6, 6.07) is 10.7. The summed E-state index contributed by atoms with van der Waals surface area (Å²) < 4.78 is 85.5. The summed E-state index contributed by atoms with van der Waals surface area (Å²) in [6.45, 7) is -1.64. The van der Waals surface area contributed by atoms with Crippen LogP contribution in [0.2, 0.25) is 0 Å². The predicted octanol–water partition coefficient (Wildman–Crippen LogP) is 2.75. The van der Waals surface area contributed by atoms with Gasteiger partial charge < -0.3 is 14.8 Å². The molecule has 1 aliphatic rings. The Hall–Kier alpha value is -3.35. The summed E-state index contributed by atoms with van der Waals surface area (Å²) in [5.41, 5.74) is -0.111. The average molecular weight is 464 g/mol. The summed E-state index contributed by atoms with van der Waals surface area (Å²) >= 11 is 0. The number of rotatable bonds is 3. The van der Waals surface area contributed by atoms with E-state index < -0.39 is 49.2 Å². The fraction of sp³-hybridized carbons (Fsp3) is 0.316. The van der Waals surface area contributed by atoms with Gasteiger partial charge in [-0.1, -0.05) is 36.4 Å². The number of carbonyl (C=O) groups is 3. The first-order valence-corrected chi connectivity index (χ1v) is 8.96. The molecule has 1 saturated heterocycles. The Morgan fingerprint density at radius 2 is 1.44 bits per heavy atom. The molecule has 0 spiro atoms. The molecule has 0 radical (unpaired) electrons. The van der Waals surface area contributed by atoms with Crippen molar-refractivity contribution in [1.29, 1.82) is 0 Å². The Morgan fingerprint density at radius 1 is 0.875 bits per heavy atom. The summed E-state index contributed by atoms with van der Waals surface area (Å²) in [6.07, 6.45) is -11.3. The summed E-state index contributed by atoms with van der Waals surface area (Å²) in [4.78, 5) is 36.6. The molecule has 0 atom stereocenters. The number of ether oxygens (including phenoxy) is 2. The minimum Gasteiger partial charge on any atom is -0.395 e. The molecule has 13 heteroatoms. The van der Waals surface area contributed by atoms with E-state index in [1.165, 1.54) is 18.2 Å². The Labute approximate surface area is 175 Å². The molecule has 0 bridgehead atoms. The molecule has 1 amide bonds. The molecule has 172 valence electrons. The maximum atomic E-state index is 13.2. The lowest BCUT2D eigenvalue weighted by Gasteiger charge is -2.44. The molecule has 1 fully saturated rings. The van der Waals surface area contributed by atoms with E-state index in [1.807, 2.05) is 0 Å². The van der Waals surface area contributed by atoms with Gasteiger partial charge >= 0.3 is 30.2 Å². The van der Waals surface area contributed by atoms with E-state index in [0.717, 1.165) is 0 Å². The minimum absolute atomic E-state index is 0.0919. The second-order valence-electron chi connectivity index (χ2n) is 6.65. The number of benzene rings is 2. The second-order valence-corrected chi connectivity index (χ2v) is 6.65. The molecule has 0 saturated carbocycles. The molecule has 32 heavy (non-hydrogen) atoms. The zero-order valence-corrected chi connectivity index (χ0v) is 15.9. The minimum atomic E-state index is -5.64. The fourth-order valence-electron chi connectivity index (χ4n) is 3.13.